The lowest BCUT2D eigenvalue weighted by molar-refractivity contribution is -0.136. The van der Waals surface area contributed by atoms with Crippen molar-refractivity contribution in [2.75, 3.05) is 0 Å². The van der Waals surface area contributed by atoms with Crippen molar-refractivity contribution in [3.63, 3.8) is 0 Å². The van der Waals surface area contributed by atoms with Gasteiger partial charge in [-0.2, -0.15) is 0 Å². The molecule has 1 aromatic heterocycles. The van der Waals surface area contributed by atoms with Gasteiger partial charge in [0.05, 0.1) is 17.7 Å². The fraction of sp³-hybridized carbons (Fsp3) is 0.167. The molecule has 94 valence electrons. The minimum Gasteiger partial charge on any atom is -0.481 e. The molecule has 0 aliphatic heterocycles. The molecule has 1 heterocycles. The molecule has 0 radical (unpaired) electrons. The summed E-state index contributed by atoms with van der Waals surface area (Å²) >= 11 is 0. The van der Waals surface area contributed by atoms with Crippen molar-refractivity contribution in [2.24, 2.45) is 0 Å². The molecular weight excluding hydrogens is 239 g/mol. The topological polar surface area (TPSA) is 75.1 Å². The molecule has 6 heteroatoms. The van der Waals surface area contributed by atoms with Crippen LogP contribution in [0.25, 0.3) is 5.69 Å². The molecule has 0 atom stereocenters. The van der Waals surface area contributed by atoms with Crippen LogP contribution in [0.3, 0.4) is 0 Å². The third-order valence-electron chi connectivity index (χ3n) is 2.59. The maximum absolute atomic E-state index is 13.1. The Hall–Kier alpha value is -2.37. The van der Waals surface area contributed by atoms with Crippen LogP contribution in [-0.2, 0) is 11.2 Å². The van der Waals surface area contributed by atoms with Gasteiger partial charge in [-0.3, -0.25) is 14.7 Å². The molecular formula is C12H11FN2O3. The van der Waals surface area contributed by atoms with E-state index in [4.69, 9.17) is 5.11 Å². The van der Waals surface area contributed by atoms with E-state index in [0.29, 0.717) is 11.4 Å². The number of carboxylic acid groups (broad SMARTS) is 1. The van der Waals surface area contributed by atoms with Crippen LogP contribution in [0.2, 0.25) is 0 Å². The van der Waals surface area contributed by atoms with E-state index in [0.717, 1.165) is 4.68 Å². The van der Waals surface area contributed by atoms with Crippen molar-refractivity contribution in [1.29, 1.82) is 0 Å². The smallest absolute Gasteiger partial charge is 0.308 e. The Morgan fingerprint density at radius 1 is 1.50 bits per heavy atom. The van der Waals surface area contributed by atoms with Crippen LogP contribution in [0.1, 0.15) is 11.3 Å². The monoisotopic (exact) mass is 250 g/mol. The molecule has 0 aliphatic carbocycles. The van der Waals surface area contributed by atoms with Gasteiger partial charge in [-0.15, -0.1) is 0 Å². The summed E-state index contributed by atoms with van der Waals surface area (Å²) < 4.78 is 14.2. The van der Waals surface area contributed by atoms with Gasteiger partial charge in [0.1, 0.15) is 5.82 Å². The number of rotatable bonds is 3. The summed E-state index contributed by atoms with van der Waals surface area (Å²) in [6, 6.07) is 5.50. The van der Waals surface area contributed by atoms with Crippen LogP contribution in [0.5, 0.6) is 0 Å². The van der Waals surface area contributed by atoms with Crippen molar-refractivity contribution in [3.8, 4) is 5.69 Å². The number of hydrogen-bond acceptors (Lipinski definition) is 2. The second-order valence-corrected chi connectivity index (χ2v) is 3.91. The molecule has 2 N–H and O–H groups in total. The van der Waals surface area contributed by atoms with Gasteiger partial charge < -0.3 is 5.11 Å². The number of aromatic nitrogens is 2. The van der Waals surface area contributed by atoms with E-state index in [2.05, 4.69) is 5.10 Å². The van der Waals surface area contributed by atoms with Crippen LogP contribution in [0.4, 0.5) is 4.39 Å². The summed E-state index contributed by atoms with van der Waals surface area (Å²) in [5.41, 5.74) is 0.499. The fourth-order valence-corrected chi connectivity index (χ4v) is 1.74. The molecule has 0 spiro atoms. The Morgan fingerprint density at radius 3 is 2.83 bits per heavy atom. The molecule has 1 aromatic carbocycles. The minimum absolute atomic E-state index is 0.173. The van der Waals surface area contributed by atoms with E-state index in [-0.39, 0.29) is 12.0 Å². The Balaban J connectivity index is 2.54. The molecule has 2 aromatic rings. The molecule has 0 saturated carbocycles. The summed E-state index contributed by atoms with van der Waals surface area (Å²) in [7, 11) is 0. The van der Waals surface area contributed by atoms with E-state index in [9.17, 15) is 14.0 Å². The van der Waals surface area contributed by atoms with Crippen LogP contribution in [-0.4, -0.2) is 20.9 Å². The first kappa shape index (κ1) is 12.1. The number of nitrogens with zero attached hydrogens (tertiary/aromatic N) is 1. The van der Waals surface area contributed by atoms with Crippen LogP contribution in [0, 0.1) is 12.7 Å². The number of aryl methyl sites for hydroxylation is 1. The van der Waals surface area contributed by atoms with Gasteiger partial charge in [-0.25, -0.2) is 9.07 Å². The van der Waals surface area contributed by atoms with Gasteiger partial charge in [0.25, 0.3) is 5.56 Å². The largest absolute Gasteiger partial charge is 0.481 e. The summed E-state index contributed by atoms with van der Waals surface area (Å²) in [5.74, 6) is -1.55. The maximum Gasteiger partial charge on any atom is 0.308 e. The second kappa shape index (κ2) is 4.48. The Kier molecular flexibility index (Phi) is 3.01. The molecule has 18 heavy (non-hydrogen) atoms. The zero-order valence-electron chi connectivity index (χ0n) is 9.61. The third-order valence-corrected chi connectivity index (χ3v) is 2.59. The van der Waals surface area contributed by atoms with E-state index in [1.165, 1.54) is 18.2 Å². The molecule has 0 aliphatic rings. The molecule has 0 bridgehead atoms. The lowest BCUT2D eigenvalue weighted by atomic mass is 10.2. The zero-order valence-corrected chi connectivity index (χ0v) is 9.61. The summed E-state index contributed by atoms with van der Waals surface area (Å²) in [5, 5.41) is 11.5. The van der Waals surface area contributed by atoms with Gasteiger partial charge in [0, 0.05) is 5.69 Å². The first-order valence-corrected chi connectivity index (χ1v) is 5.27. The zero-order chi connectivity index (χ0) is 13.3. The molecule has 0 unspecified atom stereocenters. The maximum atomic E-state index is 13.1. The summed E-state index contributed by atoms with van der Waals surface area (Å²) in [6.45, 7) is 1.61. The number of aromatic amines is 1. The predicted molar refractivity (Wildman–Crippen MR) is 62.4 cm³/mol. The minimum atomic E-state index is -1.08. The first-order chi connectivity index (χ1) is 8.49. The van der Waals surface area contributed by atoms with Crippen molar-refractivity contribution < 1.29 is 14.3 Å². The number of carbonyl (C=O) groups is 1. The lowest BCUT2D eigenvalue weighted by Crippen LogP contribution is -2.19. The highest BCUT2D eigenvalue weighted by Crippen LogP contribution is 2.09. The Bertz CT molecular complexity index is 658. The highest BCUT2D eigenvalue weighted by Gasteiger charge is 2.15. The highest BCUT2D eigenvalue weighted by molar-refractivity contribution is 5.70. The predicted octanol–water partition coefficient (Wildman–Crippen LogP) is 1.24. The highest BCUT2D eigenvalue weighted by atomic mass is 19.1. The van der Waals surface area contributed by atoms with Crippen molar-refractivity contribution in [2.45, 2.75) is 13.3 Å². The number of carboxylic acids is 1. The number of benzene rings is 1. The van der Waals surface area contributed by atoms with Crippen molar-refractivity contribution >= 4 is 5.97 Å². The Labute approximate surface area is 101 Å². The Morgan fingerprint density at radius 2 is 2.22 bits per heavy atom. The van der Waals surface area contributed by atoms with E-state index in [1.807, 2.05) is 0 Å². The average molecular weight is 250 g/mol. The average Bonchev–Trinajstić information content (AvgIpc) is 2.56. The molecule has 5 nitrogen and oxygen atoms in total. The third kappa shape index (κ3) is 2.17. The quantitative estimate of drug-likeness (QED) is 0.860. The van der Waals surface area contributed by atoms with Gasteiger partial charge >= 0.3 is 5.97 Å². The fourth-order valence-electron chi connectivity index (χ4n) is 1.74. The normalized spacial score (nSPS) is 10.6. The van der Waals surface area contributed by atoms with Crippen LogP contribution < -0.4 is 5.56 Å². The van der Waals surface area contributed by atoms with Gasteiger partial charge in [-0.05, 0) is 25.1 Å². The molecule has 2 rings (SSSR count). The molecule has 0 fully saturated rings. The summed E-state index contributed by atoms with van der Waals surface area (Å²) in [6.07, 6.45) is -0.358. The first-order valence-electron chi connectivity index (χ1n) is 5.27. The van der Waals surface area contributed by atoms with Crippen molar-refractivity contribution in [3.05, 3.63) is 51.7 Å². The van der Waals surface area contributed by atoms with E-state index in [1.54, 1.807) is 13.0 Å². The van der Waals surface area contributed by atoms with E-state index >= 15 is 0 Å². The molecule has 0 saturated heterocycles. The number of H-pyrrole nitrogens is 1. The van der Waals surface area contributed by atoms with Crippen LogP contribution >= 0.6 is 0 Å². The summed E-state index contributed by atoms with van der Waals surface area (Å²) in [4.78, 5) is 22.6. The number of halogens is 1. The SMILES string of the molecule is Cc1[nH]n(-c2cccc(F)c2)c(=O)c1CC(=O)O. The molecule has 0 amide bonds. The number of aliphatic carboxylic acids is 1. The van der Waals surface area contributed by atoms with E-state index < -0.39 is 17.3 Å². The standard InChI is InChI=1S/C12H11FN2O3/c1-7-10(6-11(16)17)12(18)15(14-7)9-4-2-3-8(13)5-9/h2-5,14H,6H2,1H3,(H,16,17). The second-order valence-electron chi connectivity index (χ2n) is 3.91. The van der Waals surface area contributed by atoms with Gasteiger partial charge in [-0.1, -0.05) is 6.07 Å². The van der Waals surface area contributed by atoms with Gasteiger partial charge in [0.2, 0.25) is 0 Å². The van der Waals surface area contributed by atoms with Gasteiger partial charge in [0.15, 0.2) is 0 Å². The van der Waals surface area contributed by atoms with Crippen LogP contribution in [0.15, 0.2) is 29.1 Å². The number of hydrogen-bond donors (Lipinski definition) is 2. The van der Waals surface area contributed by atoms with Crippen molar-refractivity contribution in [1.82, 2.24) is 9.78 Å². The number of nitrogens with one attached hydrogen (secondary N) is 1. The lowest BCUT2D eigenvalue weighted by Gasteiger charge is -2.00.